The number of rotatable bonds is 5. The van der Waals surface area contributed by atoms with Crippen LogP contribution in [0.2, 0.25) is 0 Å². The van der Waals surface area contributed by atoms with Crippen LogP contribution in [0.25, 0.3) is 0 Å². The van der Waals surface area contributed by atoms with Crippen LogP contribution in [0.3, 0.4) is 0 Å². The Kier molecular flexibility index (Phi) is 6.73. The molecule has 152 valence electrons. The van der Waals surface area contributed by atoms with Crippen molar-refractivity contribution < 1.29 is 19.1 Å². The average molecular weight is 388 g/mol. The summed E-state index contributed by atoms with van der Waals surface area (Å²) in [6, 6.07) is 6.83. The lowest BCUT2D eigenvalue weighted by Crippen LogP contribution is -2.53. The number of amides is 4. The highest BCUT2D eigenvalue weighted by molar-refractivity contribution is 5.97. The van der Waals surface area contributed by atoms with E-state index in [-0.39, 0.29) is 19.0 Å². The summed E-state index contributed by atoms with van der Waals surface area (Å²) in [6.45, 7) is 4.19. The summed E-state index contributed by atoms with van der Waals surface area (Å²) in [5.41, 5.74) is 0.745. The minimum Gasteiger partial charge on any atom is -0.477 e. The monoisotopic (exact) mass is 388 g/mol. The summed E-state index contributed by atoms with van der Waals surface area (Å²) < 4.78 is 5.95. The van der Waals surface area contributed by atoms with Gasteiger partial charge in [0, 0.05) is 19.6 Å². The molecule has 2 heterocycles. The number of carbonyl (C=O) groups excluding carboxylic acids is 3. The minimum absolute atomic E-state index is 0.0241. The first-order valence-corrected chi connectivity index (χ1v) is 9.95. The van der Waals surface area contributed by atoms with Gasteiger partial charge < -0.3 is 19.9 Å². The van der Waals surface area contributed by atoms with E-state index in [1.807, 2.05) is 30.0 Å². The fraction of sp³-hybridized carbons (Fsp3) is 0.550. The number of imide groups is 1. The van der Waals surface area contributed by atoms with Crippen molar-refractivity contribution in [1.82, 2.24) is 15.5 Å². The van der Waals surface area contributed by atoms with Gasteiger partial charge in [0.1, 0.15) is 5.75 Å². The van der Waals surface area contributed by atoms with Crippen LogP contribution in [0.1, 0.15) is 32.6 Å². The summed E-state index contributed by atoms with van der Waals surface area (Å²) in [7, 11) is 0. The number of benzene rings is 1. The fourth-order valence-electron chi connectivity index (χ4n) is 3.53. The molecule has 0 bridgehead atoms. The minimum atomic E-state index is -0.658. The van der Waals surface area contributed by atoms with Crippen LogP contribution in [-0.4, -0.2) is 61.6 Å². The highest BCUT2D eigenvalue weighted by atomic mass is 16.5. The number of para-hydroxylation sites is 2. The van der Waals surface area contributed by atoms with E-state index in [1.165, 1.54) is 0 Å². The zero-order chi connectivity index (χ0) is 19.9. The Bertz CT molecular complexity index is 718. The third-order valence-corrected chi connectivity index (χ3v) is 4.93. The van der Waals surface area contributed by atoms with Gasteiger partial charge in [0.25, 0.3) is 5.91 Å². The van der Waals surface area contributed by atoms with Gasteiger partial charge >= 0.3 is 6.03 Å². The molecule has 1 fully saturated rings. The number of anilines is 1. The van der Waals surface area contributed by atoms with Crippen LogP contribution in [0.4, 0.5) is 10.5 Å². The van der Waals surface area contributed by atoms with E-state index in [2.05, 4.69) is 10.6 Å². The Hall–Kier alpha value is -2.77. The maximum Gasteiger partial charge on any atom is 0.321 e. The van der Waals surface area contributed by atoms with Gasteiger partial charge in [-0.2, -0.15) is 0 Å². The van der Waals surface area contributed by atoms with Gasteiger partial charge in [0.2, 0.25) is 5.91 Å². The second kappa shape index (κ2) is 9.43. The van der Waals surface area contributed by atoms with E-state index in [0.717, 1.165) is 44.5 Å². The SMILES string of the molecule is CCCNC(=O)NC(=O)CN1C[C@@H](C(=O)N2CCCCC2)Oc2ccccc21. The lowest BCUT2D eigenvalue weighted by Gasteiger charge is -2.38. The molecule has 2 aliphatic heterocycles. The average Bonchev–Trinajstić information content (AvgIpc) is 2.72. The van der Waals surface area contributed by atoms with Crippen LogP contribution in [0.15, 0.2) is 24.3 Å². The molecule has 1 aromatic rings. The van der Waals surface area contributed by atoms with Gasteiger partial charge in [-0.1, -0.05) is 19.1 Å². The lowest BCUT2D eigenvalue weighted by molar-refractivity contribution is -0.139. The van der Waals surface area contributed by atoms with E-state index in [4.69, 9.17) is 4.74 Å². The number of ether oxygens (including phenoxy) is 1. The number of likely N-dealkylation sites (tertiary alicyclic amines) is 1. The number of hydrogen-bond donors (Lipinski definition) is 2. The van der Waals surface area contributed by atoms with Gasteiger partial charge in [-0.05, 0) is 37.8 Å². The molecule has 0 radical (unpaired) electrons. The van der Waals surface area contributed by atoms with Crippen molar-refractivity contribution in [2.75, 3.05) is 37.6 Å². The Balaban J connectivity index is 1.68. The molecular weight excluding hydrogens is 360 g/mol. The third kappa shape index (κ3) is 4.94. The molecule has 3 rings (SSSR count). The predicted molar refractivity (Wildman–Crippen MR) is 105 cm³/mol. The van der Waals surface area contributed by atoms with E-state index in [0.29, 0.717) is 12.3 Å². The molecule has 0 spiro atoms. The molecule has 2 aliphatic rings. The zero-order valence-electron chi connectivity index (χ0n) is 16.3. The van der Waals surface area contributed by atoms with Crippen molar-refractivity contribution in [3.05, 3.63) is 24.3 Å². The molecule has 28 heavy (non-hydrogen) atoms. The third-order valence-electron chi connectivity index (χ3n) is 4.93. The predicted octanol–water partition coefficient (Wildman–Crippen LogP) is 1.50. The van der Waals surface area contributed by atoms with Gasteiger partial charge in [-0.15, -0.1) is 0 Å². The molecule has 8 heteroatoms. The number of nitrogens with zero attached hydrogens (tertiary/aromatic N) is 2. The van der Waals surface area contributed by atoms with E-state index in [9.17, 15) is 14.4 Å². The second-order valence-electron chi connectivity index (χ2n) is 7.14. The summed E-state index contributed by atoms with van der Waals surface area (Å²) in [4.78, 5) is 40.6. The van der Waals surface area contributed by atoms with E-state index < -0.39 is 18.0 Å². The Labute approximate surface area is 165 Å². The number of hydrogen-bond acceptors (Lipinski definition) is 5. The fourth-order valence-corrected chi connectivity index (χ4v) is 3.53. The first-order chi connectivity index (χ1) is 13.6. The second-order valence-corrected chi connectivity index (χ2v) is 7.14. The Morgan fingerprint density at radius 3 is 2.64 bits per heavy atom. The summed E-state index contributed by atoms with van der Waals surface area (Å²) >= 11 is 0. The molecule has 1 aromatic carbocycles. The Morgan fingerprint density at radius 1 is 1.14 bits per heavy atom. The normalized spacial score (nSPS) is 18.7. The van der Waals surface area contributed by atoms with Crippen LogP contribution in [0, 0.1) is 0 Å². The number of fused-ring (bicyclic) bond motifs is 1. The first-order valence-electron chi connectivity index (χ1n) is 9.95. The molecule has 1 saturated heterocycles. The number of urea groups is 1. The molecule has 0 aromatic heterocycles. The largest absolute Gasteiger partial charge is 0.477 e. The topological polar surface area (TPSA) is 91.0 Å². The molecular formula is C20H28N4O4. The standard InChI is InChI=1S/C20H28N4O4/c1-2-10-21-20(27)22-18(25)14-24-13-17(19(26)23-11-6-3-7-12-23)28-16-9-5-4-8-15(16)24/h4-5,8-9,17H,2-3,6-7,10-14H2,1H3,(H2,21,22,25,27)/t17-/m0/s1. The highest BCUT2D eigenvalue weighted by Gasteiger charge is 2.34. The zero-order valence-corrected chi connectivity index (χ0v) is 16.3. The van der Waals surface area contributed by atoms with Crippen LogP contribution < -0.4 is 20.3 Å². The van der Waals surface area contributed by atoms with Crippen molar-refractivity contribution in [2.45, 2.75) is 38.7 Å². The van der Waals surface area contributed by atoms with Crippen molar-refractivity contribution >= 4 is 23.5 Å². The van der Waals surface area contributed by atoms with Crippen LogP contribution in [0.5, 0.6) is 5.75 Å². The van der Waals surface area contributed by atoms with Crippen molar-refractivity contribution in [1.29, 1.82) is 0 Å². The molecule has 0 unspecified atom stereocenters. The number of piperidine rings is 1. The van der Waals surface area contributed by atoms with Gasteiger partial charge in [-0.25, -0.2) is 4.79 Å². The van der Waals surface area contributed by atoms with Gasteiger partial charge in [-0.3, -0.25) is 14.9 Å². The molecule has 8 nitrogen and oxygen atoms in total. The smallest absolute Gasteiger partial charge is 0.321 e. The van der Waals surface area contributed by atoms with E-state index in [1.54, 1.807) is 11.0 Å². The van der Waals surface area contributed by atoms with Crippen molar-refractivity contribution in [3.63, 3.8) is 0 Å². The van der Waals surface area contributed by atoms with Crippen molar-refractivity contribution in [2.24, 2.45) is 0 Å². The van der Waals surface area contributed by atoms with Crippen molar-refractivity contribution in [3.8, 4) is 5.75 Å². The maximum atomic E-state index is 12.9. The quantitative estimate of drug-likeness (QED) is 0.798. The molecule has 1 atom stereocenters. The lowest BCUT2D eigenvalue weighted by atomic mass is 10.1. The summed E-state index contributed by atoms with van der Waals surface area (Å²) in [6.07, 6.45) is 3.29. The molecule has 0 aliphatic carbocycles. The summed E-state index contributed by atoms with van der Waals surface area (Å²) in [5.74, 6) is 0.113. The molecule has 4 amide bonds. The van der Waals surface area contributed by atoms with E-state index >= 15 is 0 Å². The maximum absolute atomic E-state index is 12.9. The van der Waals surface area contributed by atoms with Crippen LogP contribution >= 0.6 is 0 Å². The number of nitrogens with one attached hydrogen (secondary N) is 2. The molecule has 0 saturated carbocycles. The van der Waals surface area contributed by atoms with Crippen LogP contribution in [-0.2, 0) is 9.59 Å². The molecule has 2 N–H and O–H groups in total. The van der Waals surface area contributed by atoms with Gasteiger partial charge in [0.05, 0.1) is 18.8 Å². The highest BCUT2D eigenvalue weighted by Crippen LogP contribution is 2.33. The first kappa shape index (κ1) is 20.0. The number of carbonyl (C=O) groups is 3. The van der Waals surface area contributed by atoms with Gasteiger partial charge in [0.15, 0.2) is 6.10 Å². The summed E-state index contributed by atoms with van der Waals surface area (Å²) in [5, 5.41) is 4.95. The Morgan fingerprint density at radius 2 is 1.89 bits per heavy atom.